The zero-order valence-corrected chi connectivity index (χ0v) is 11.4. The monoisotopic (exact) mass is 265 g/mol. The van der Waals surface area contributed by atoms with Gasteiger partial charge in [-0.15, -0.1) is 0 Å². The molecule has 0 aliphatic carbocycles. The zero-order valence-electron chi connectivity index (χ0n) is 11.4. The number of benzene rings is 1. The number of hydrogen-bond acceptors (Lipinski definition) is 2. The molecule has 1 saturated heterocycles. The van der Waals surface area contributed by atoms with Crippen molar-refractivity contribution >= 4 is 5.91 Å². The highest BCUT2D eigenvalue weighted by Gasteiger charge is 2.30. The number of nitrogens with zero attached hydrogens (tertiary/aromatic N) is 1. The lowest BCUT2D eigenvalue weighted by Crippen LogP contribution is -2.43. The molecule has 1 amide bonds. The van der Waals surface area contributed by atoms with Crippen molar-refractivity contribution < 1.29 is 13.9 Å². The summed E-state index contributed by atoms with van der Waals surface area (Å²) in [5, 5.41) is 0. The van der Waals surface area contributed by atoms with Crippen LogP contribution in [-0.4, -0.2) is 30.0 Å². The van der Waals surface area contributed by atoms with E-state index in [0.717, 1.165) is 25.9 Å². The average Bonchev–Trinajstić information content (AvgIpc) is 2.91. The number of carbonyl (C=O) groups is 1. The summed E-state index contributed by atoms with van der Waals surface area (Å²) in [6, 6.07) is 5.80. The quantitative estimate of drug-likeness (QED) is 0.837. The molecule has 19 heavy (non-hydrogen) atoms. The number of likely N-dealkylation sites (tertiary alicyclic amines) is 1. The molecule has 0 spiro atoms. The van der Waals surface area contributed by atoms with Crippen LogP contribution in [0.15, 0.2) is 24.3 Å². The first-order valence-electron chi connectivity index (χ1n) is 6.79. The largest absolute Gasteiger partial charge is 0.480 e. The standard InChI is InChI=1S/C15H20FNO2/c1-11(2)14(15(18)17-9-3-4-10-17)19-13-7-5-12(16)6-8-13/h5-8,11,14H,3-4,9-10H2,1-2H3. The van der Waals surface area contributed by atoms with Crippen molar-refractivity contribution in [3.05, 3.63) is 30.1 Å². The maximum absolute atomic E-state index is 12.9. The minimum Gasteiger partial charge on any atom is -0.480 e. The molecule has 3 nitrogen and oxygen atoms in total. The Labute approximate surface area is 113 Å². The molecule has 0 bridgehead atoms. The Morgan fingerprint density at radius 3 is 2.32 bits per heavy atom. The number of halogens is 1. The van der Waals surface area contributed by atoms with E-state index < -0.39 is 6.10 Å². The predicted molar refractivity (Wildman–Crippen MR) is 71.5 cm³/mol. The van der Waals surface area contributed by atoms with Gasteiger partial charge in [0.05, 0.1) is 0 Å². The van der Waals surface area contributed by atoms with Gasteiger partial charge in [-0.3, -0.25) is 4.79 Å². The molecule has 1 aliphatic heterocycles. The van der Waals surface area contributed by atoms with Crippen LogP contribution in [0.5, 0.6) is 5.75 Å². The lowest BCUT2D eigenvalue weighted by atomic mass is 10.1. The van der Waals surface area contributed by atoms with E-state index in [9.17, 15) is 9.18 Å². The molecule has 1 aliphatic rings. The SMILES string of the molecule is CC(C)C(Oc1ccc(F)cc1)C(=O)N1CCCC1. The van der Waals surface area contributed by atoms with Gasteiger partial charge in [-0.05, 0) is 43.0 Å². The molecular weight excluding hydrogens is 245 g/mol. The van der Waals surface area contributed by atoms with E-state index in [2.05, 4.69) is 0 Å². The van der Waals surface area contributed by atoms with E-state index in [1.54, 1.807) is 12.1 Å². The normalized spacial score (nSPS) is 16.7. The van der Waals surface area contributed by atoms with Gasteiger partial charge in [-0.1, -0.05) is 13.8 Å². The van der Waals surface area contributed by atoms with Gasteiger partial charge in [-0.25, -0.2) is 4.39 Å². The number of hydrogen-bond donors (Lipinski definition) is 0. The summed E-state index contributed by atoms with van der Waals surface area (Å²) in [6.45, 7) is 5.55. The van der Waals surface area contributed by atoms with E-state index in [1.165, 1.54) is 12.1 Å². The highest BCUT2D eigenvalue weighted by Crippen LogP contribution is 2.20. The fourth-order valence-electron chi connectivity index (χ4n) is 2.25. The van der Waals surface area contributed by atoms with E-state index >= 15 is 0 Å². The second-order valence-electron chi connectivity index (χ2n) is 5.27. The third kappa shape index (κ3) is 3.46. The topological polar surface area (TPSA) is 29.5 Å². The smallest absolute Gasteiger partial charge is 0.263 e. The van der Waals surface area contributed by atoms with Crippen LogP contribution in [0.2, 0.25) is 0 Å². The van der Waals surface area contributed by atoms with E-state index in [1.807, 2.05) is 18.7 Å². The van der Waals surface area contributed by atoms with Gasteiger partial charge in [-0.2, -0.15) is 0 Å². The van der Waals surface area contributed by atoms with Crippen LogP contribution in [0.25, 0.3) is 0 Å². The third-order valence-corrected chi connectivity index (χ3v) is 3.34. The maximum atomic E-state index is 12.9. The lowest BCUT2D eigenvalue weighted by Gasteiger charge is -2.26. The Balaban J connectivity index is 2.07. The minimum atomic E-state index is -0.497. The van der Waals surface area contributed by atoms with Crippen molar-refractivity contribution in [1.29, 1.82) is 0 Å². The Morgan fingerprint density at radius 1 is 1.21 bits per heavy atom. The molecule has 1 aromatic carbocycles. The molecule has 1 heterocycles. The molecule has 0 aromatic heterocycles. The van der Waals surface area contributed by atoms with Gasteiger partial charge in [0.2, 0.25) is 0 Å². The molecule has 1 unspecified atom stereocenters. The summed E-state index contributed by atoms with van der Waals surface area (Å²) in [5.41, 5.74) is 0. The van der Waals surface area contributed by atoms with Gasteiger partial charge < -0.3 is 9.64 Å². The van der Waals surface area contributed by atoms with E-state index in [4.69, 9.17) is 4.74 Å². The van der Waals surface area contributed by atoms with Crippen LogP contribution in [0.4, 0.5) is 4.39 Å². The molecule has 1 fully saturated rings. The highest BCUT2D eigenvalue weighted by molar-refractivity contribution is 5.81. The molecule has 0 radical (unpaired) electrons. The number of ether oxygens (including phenoxy) is 1. The van der Waals surface area contributed by atoms with Crippen LogP contribution in [0.1, 0.15) is 26.7 Å². The Bertz CT molecular complexity index is 424. The minimum absolute atomic E-state index is 0.0387. The predicted octanol–water partition coefficient (Wildman–Crippen LogP) is 2.85. The van der Waals surface area contributed by atoms with Crippen molar-refractivity contribution in [2.24, 2.45) is 5.92 Å². The fourth-order valence-corrected chi connectivity index (χ4v) is 2.25. The molecule has 1 atom stereocenters. The third-order valence-electron chi connectivity index (χ3n) is 3.34. The van der Waals surface area contributed by atoms with Gasteiger partial charge in [0.1, 0.15) is 11.6 Å². The molecule has 1 aromatic rings. The number of amides is 1. The summed E-state index contributed by atoms with van der Waals surface area (Å²) in [4.78, 5) is 14.2. The van der Waals surface area contributed by atoms with Gasteiger partial charge >= 0.3 is 0 Å². The first kappa shape index (κ1) is 13.8. The average molecular weight is 265 g/mol. The van der Waals surface area contributed by atoms with Crippen LogP contribution in [-0.2, 0) is 4.79 Å². The molecule has 104 valence electrons. The van der Waals surface area contributed by atoms with Gasteiger partial charge in [0.25, 0.3) is 5.91 Å². The van der Waals surface area contributed by atoms with Crippen LogP contribution >= 0.6 is 0 Å². The Morgan fingerprint density at radius 2 is 1.79 bits per heavy atom. The van der Waals surface area contributed by atoms with Crippen molar-refractivity contribution in [2.45, 2.75) is 32.8 Å². The number of carbonyl (C=O) groups excluding carboxylic acids is 1. The Hall–Kier alpha value is -1.58. The van der Waals surface area contributed by atoms with Crippen LogP contribution in [0, 0.1) is 11.7 Å². The summed E-state index contributed by atoms with van der Waals surface area (Å²) >= 11 is 0. The molecule has 0 N–H and O–H groups in total. The van der Waals surface area contributed by atoms with Gasteiger partial charge in [0.15, 0.2) is 6.10 Å². The first-order valence-corrected chi connectivity index (χ1v) is 6.79. The zero-order chi connectivity index (χ0) is 13.8. The summed E-state index contributed by atoms with van der Waals surface area (Å²) in [6.07, 6.45) is 1.63. The molecule has 4 heteroatoms. The summed E-state index contributed by atoms with van der Waals surface area (Å²) in [5.74, 6) is 0.349. The van der Waals surface area contributed by atoms with Gasteiger partial charge in [0, 0.05) is 13.1 Å². The fraction of sp³-hybridized carbons (Fsp3) is 0.533. The van der Waals surface area contributed by atoms with Crippen molar-refractivity contribution in [3.8, 4) is 5.75 Å². The van der Waals surface area contributed by atoms with Crippen LogP contribution in [0.3, 0.4) is 0 Å². The summed E-state index contributed by atoms with van der Waals surface area (Å²) in [7, 11) is 0. The molecule has 0 saturated carbocycles. The molecular formula is C15H20FNO2. The second kappa shape index (κ2) is 6.04. The second-order valence-corrected chi connectivity index (χ2v) is 5.27. The Kier molecular flexibility index (Phi) is 4.40. The van der Waals surface area contributed by atoms with E-state index in [-0.39, 0.29) is 17.6 Å². The van der Waals surface area contributed by atoms with Crippen LogP contribution < -0.4 is 4.74 Å². The maximum Gasteiger partial charge on any atom is 0.263 e. The summed E-state index contributed by atoms with van der Waals surface area (Å²) < 4.78 is 18.6. The van der Waals surface area contributed by atoms with E-state index in [0.29, 0.717) is 5.75 Å². The van der Waals surface area contributed by atoms with Crippen molar-refractivity contribution in [3.63, 3.8) is 0 Å². The van der Waals surface area contributed by atoms with Crippen molar-refractivity contribution in [1.82, 2.24) is 4.90 Å². The first-order chi connectivity index (χ1) is 9.08. The van der Waals surface area contributed by atoms with Crippen molar-refractivity contribution in [2.75, 3.05) is 13.1 Å². The lowest BCUT2D eigenvalue weighted by molar-refractivity contribution is -0.139. The highest BCUT2D eigenvalue weighted by atomic mass is 19.1. The molecule has 2 rings (SSSR count). The number of rotatable bonds is 4.